The van der Waals surface area contributed by atoms with Crippen molar-refractivity contribution in [3.05, 3.63) is 52.2 Å². The summed E-state index contributed by atoms with van der Waals surface area (Å²) in [6.45, 7) is 0. The van der Waals surface area contributed by atoms with Crippen LogP contribution in [0.2, 0.25) is 0 Å². The molecule has 2 nitrogen and oxygen atoms in total. The lowest BCUT2D eigenvalue weighted by Crippen LogP contribution is -2.01. The van der Waals surface area contributed by atoms with Crippen LogP contribution in [0, 0.1) is 5.82 Å². The third-order valence-electron chi connectivity index (χ3n) is 2.11. The predicted molar refractivity (Wildman–Crippen MR) is 57.2 cm³/mol. The van der Waals surface area contributed by atoms with E-state index in [0.717, 1.165) is 5.01 Å². The van der Waals surface area contributed by atoms with Gasteiger partial charge in [0.25, 0.3) is 0 Å². The predicted octanol–water partition coefficient (Wildman–Crippen LogP) is 2.56. The van der Waals surface area contributed by atoms with Gasteiger partial charge in [-0.25, -0.2) is 9.37 Å². The van der Waals surface area contributed by atoms with Crippen molar-refractivity contribution in [1.82, 2.24) is 4.98 Å². The molecule has 1 heterocycles. The maximum atomic E-state index is 12.6. The van der Waals surface area contributed by atoms with Crippen molar-refractivity contribution in [2.24, 2.45) is 0 Å². The summed E-state index contributed by atoms with van der Waals surface area (Å²) in [5.41, 5.74) is 0.714. The molecule has 1 aromatic carbocycles. The van der Waals surface area contributed by atoms with Crippen LogP contribution in [0.1, 0.15) is 16.7 Å². The zero-order valence-electron chi connectivity index (χ0n) is 7.93. The Morgan fingerprint density at radius 2 is 2.07 bits per heavy atom. The molecular formula is C11H10FNOS. The molecule has 0 aliphatic carbocycles. The molecule has 1 N–H and O–H groups in total. The molecule has 78 valence electrons. The summed E-state index contributed by atoms with van der Waals surface area (Å²) in [6.07, 6.45) is 1.57. The number of rotatable bonds is 3. The normalized spacial score (nSPS) is 12.7. The van der Waals surface area contributed by atoms with Crippen LogP contribution >= 0.6 is 11.3 Å². The minimum Gasteiger partial charge on any atom is -0.388 e. The fourth-order valence-corrected chi connectivity index (χ4v) is 1.98. The lowest BCUT2D eigenvalue weighted by Gasteiger charge is -2.08. The summed E-state index contributed by atoms with van der Waals surface area (Å²) in [5, 5.41) is 12.6. The van der Waals surface area contributed by atoms with Gasteiger partial charge in [-0.1, -0.05) is 12.1 Å². The van der Waals surface area contributed by atoms with Gasteiger partial charge in [-0.3, -0.25) is 0 Å². The summed E-state index contributed by atoms with van der Waals surface area (Å²) in [4.78, 5) is 4.08. The average molecular weight is 223 g/mol. The Bertz CT molecular complexity index is 413. The van der Waals surface area contributed by atoms with Crippen molar-refractivity contribution in [3.63, 3.8) is 0 Å². The van der Waals surface area contributed by atoms with E-state index in [1.54, 1.807) is 18.3 Å². The van der Waals surface area contributed by atoms with Gasteiger partial charge in [0.05, 0.1) is 11.1 Å². The molecule has 0 aliphatic rings. The highest BCUT2D eigenvalue weighted by Crippen LogP contribution is 2.19. The molecule has 1 atom stereocenters. The Morgan fingerprint density at radius 3 is 2.67 bits per heavy atom. The third kappa shape index (κ3) is 2.61. The first kappa shape index (κ1) is 10.3. The van der Waals surface area contributed by atoms with Crippen LogP contribution in [0.4, 0.5) is 4.39 Å². The van der Waals surface area contributed by atoms with E-state index >= 15 is 0 Å². The molecule has 1 unspecified atom stereocenters. The second kappa shape index (κ2) is 4.51. The number of aliphatic hydroxyl groups excluding tert-OH is 1. The van der Waals surface area contributed by atoms with E-state index in [1.165, 1.54) is 23.5 Å². The van der Waals surface area contributed by atoms with Gasteiger partial charge in [0.2, 0.25) is 0 Å². The van der Waals surface area contributed by atoms with Crippen LogP contribution in [-0.2, 0) is 6.42 Å². The van der Waals surface area contributed by atoms with Crippen LogP contribution in [0.15, 0.2) is 35.8 Å². The number of benzene rings is 1. The quantitative estimate of drug-likeness (QED) is 0.867. The highest BCUT2D eigenvalue weighted by Gasteiger charge is 2.09. The van der Waals surface area contributed by atoms with Gasteiger partial charge >= 0.3 is 0 Å². The van der Waals surface area contributed by atoms with Gasteiger partial charge in [0.15, 0.2) is 0 Å². The Hall–Kier alpha value is -1.26. The zero-order valence-corrected chi connectivity index (χ0v) is 8.75. The molecular weight excluding hydrogens is 213 g/mol. The first-order valence-corrected chi connectivity index (χ1v) is 5.45. The minimum atomic E-state index is -0.614. The Morgan fingerprint density at radius 1 is 1.33 bits per heavy atom. The zero-order chi connectivity index (χ0) is 10.7. The van der Waals surface area contributed by atoms with Crippen molar-refractivity contribution in [2.45, 2.75) is 12.5 Å². The van der Waals surface area contributed by atoms with Crippen LogP contribution in [0.25, 0.3) is 0 Å². The molecule has 0 bridgehead atoms. The molecule has 4 heteroatoms. The number of thiazole rings is 1. The van der Waals surface area contributed by atoms with E-state index in [1.807, 2.05) is 5.38 Å². The summed E-state index contributed by atoms with van der Waals surface area (Å²) >= 11 is 1.50. The van der Waals surface area contributed by atoms with E-state index in [9.17, 15) is 9.50 Å². The van der Waals surface area contributed by atoms with Crippen molar-refractivity contribution in [1.29, 1.82) is 0 Å². The van der Waals surface area contributed by atoms with E-state index < -0.39 is 6.10 Å². The fourth-order valence-electron chi connectivity index (χ4n) is 1.32. The summed E-state index contributed by atoms with van der Waals surface area (Å²) in [6, 6.07) is 5.88. The molecule has 15 heavy (non-hydrogen) atoms. The van der Waals surface area contributed by atoms with E-state index in [2.05, 4.69) is 4.98 Å². The number of aliphatic hydroxyl groups is 1. The second-order valence-corrected chi connectivity index (χ2v) is 4.18. The maximum Gasteiger partial charge on any atom is 0.123 e. The number of hydrogen-bond acceptors (Lipinski definition) is 3. The SMILES string of the molecule is OC(Cc1nccs1)c1ccc(F)cc1. The topological polar surface area (TPSA) is 33.1 Å². The standard InChI is InChI=1S/C11H10FNOS/c12-9-3-1-8(2-4-9)10(14)7-11-13-5-6-15-11/h1-6,10,14H,7H2. The van der Waals surface area contributed by atoms with Crippen LogP contribution < -0.4 is 0 Å². The number of nitrogens with zero attached hydrogens (tertiary/aromatic N) is 1. The maximum absolute atomic E-state index is 12.6. The van der Waals surface area contributed by atoms with Crippen LogP contribution in [0.3, 0.4) is 0 Å². The van der Waals surface area contributed by atoms with Gasteiger partial charge < -0.3 is 5.11 Å². The average Bonchev–Trinajstić information content (AvgIpc) is 2.71. The monoisotopic (exact) mass is 223 g/mol. The Balaban J connectivity index is 2.08. The number of aromatic nitrogens is 1. The molecule has 0 radical (unpaired) electrons. The number of halogens is 1. The minimum absolute atomic E-state index is 0.291. The van der Waals surface area contributed by atoms with Gasteiger partial charge in [-0.05, 0) is 17.7 Å². The van der Waals surface area contributed by atoms with Gasteiger partial charge in [-0.2, -0.15) is 0 Å². The first-order valence-electron chi connectivity index (χ1n) is 4.57. The van der Waals surface area contributed by atoms with Crippen molar-refractivity contribution in [3.8, 4) is 0 Å². The molecule has 0 fully saturated rings. The Labute approximate surface area is 91.0 Å². The highest BCUT2D eigenvalue weighted by atomic mass is 32.1. The van der Waals surface area contributed by atoms with Crippen molar-refractivity contribution >= 4 is 11.3 Å². The smallest absolute Gasteiger partial charge is 0.123 e. The largest absolute Gasteiger partial charge is 0.388 e. The number of hydrogen-bond donors (Lipinski definition) is 1. The summed E-state index contributed by atoms with van der Waals surface area (Å²) in [7, 11) is 0. The van der Waals surface area contributed by atoms with E-state index in [4.69, 9.17) is 0 Å². The van der Waals surface area contributed by atoms with Crippen molar-refractivity contribution in [2.75, 3.05) is 0 Å². The second-order valence-electron chi connectivity index (χ2n) is 3.20. The van der Waals surface area contributed by atoms with E-state index in [0.29, 0.717) is 12.0 Å². The van der Waals surface area contributed by atoms with Gasteiger partial charge in [0.1, 0.15) is 5.82 Å². The van der Waals surface area contributed by atoms with E-state index in [-0.39, 0.29) is 5.82 Å². The van der Waals surface area contributed by atoms with Gasteiger partial charge in [-0.15, -0.1) is 11.3 Å². The third-order valence-corrected chi connectivity index (χ3v) is 2.91. The Kier molecular flexibility index (Phi) is 3.08. The van der Waals surface area contributed by atoms with Crippen LogP contribution in [-0.4, -0.2) is 10.1 Å². The van der Waals surface area contributed by atoms with Crippen molar-refractivity contribution < 1.29 is 9.50 Å². The molecule has 0 saturated heterocycles. The molecule has 1 aromatic heterocycles. The summed E-state index contributed by atoms with van der Waals surface area (Å²) in [5.74, 6) is -0.291. The molecule has 0 spiro atoms. The highest BCUT2D eigenvalue weighted by molar-refractivity contribution is 7.09. The first-order chi connectivity index (χ1) is 7.25. The molecule has 2 rings (SSSR count). The van der Waals surface area contributed by atoms with Gasteiger partial charge in [0, 0.05) is 18.0 Å². The fraction of sp³-hybridized carbons (Fsp3) is 0.182. The molecule has 0 aliphatic heterocycles. The molecule has 0 amide bonds. The molecule has 2 aromatic rings. The molecule has 0 saturated carbocycles. The lowest BCUT2D eigenvalue weighted by atomic mass is 10.1. The lowest BCUT2D eigenvalue weighted by molar-refractivity contribution is 0.178. The summed E-state index contributed by atoms with van der Waals surface area (Å²) < 4.78 is 12.6. The van der Waals surface area contributed by atoms with Crippen LogP contribution in [0.5, 0.6) is 0 Å².